The van der Waals surface area contributed by atoms with E-state index >= 15 is 0 Å². The number of nitrogens with one attached hydrogen (secondary N) is 1. The van der Waals surface area contributed by atoms with E-state index in [1.54, 1.807) is 11.3 Å². The first kappa shape index (κ1) is 15.7. The van der Waals surface area contributed by atoms with Crippen molar-refractivity contribution in [3.8, 4) is 0 Å². The molecular weight excluding hydrogens is 280 g/mol. The first-order chi connectivity index (χ1) is 10.1. The second-order valence-electron chi connectivity index (χ2n) is 5.38. The molecule has 0 aliphatic rings. The zero-order valence-electron chi connectivity index (χ0n) is 12.6. The van der Waals surface area contributed by atoms with Crippen LogP contribution in [0.3, 0.4) is 0 Å². The predicted octanol–water partition coefficient (Wildman–Crippen LogP) is 3.77. The molecule has 0 spiro atoms. The van der Waals surface area contributed by atoms with E-state index in [1.807, 2.05) is 32.3 Å². The number of benzene rings is 1. The van der Waals surface area contributed by atoms with Gasteiger partial charge in [0.05, 0.1) is 0 Å². The fourth-order valence-corrected chi connectivity index (χ4v) is 2.96. The molecular formula is C17H22N2OS. The van der Waals surface area contributed by atoms with Crippen LogP contribution in [0.2, 0.25) is 0 Å². The Morgan fingerprint density at radius 2 is 2.00 bits per heavy atom. The van der Waals surface area contributed by atoms with Crippen molar-refractivity contribution in [3.05, 3.63) is 52.2 Å². The lowest BCUT2D eigenvalue weighted by Gasteiger charge is -2.14. The van der Waals surface area contributed by atoms with Crippen molar-refractivity contribution in [2.75, 3.05) is 19.4 Å². The van der Waals surface area contributed by atoms with Gasteiger partial charge in [-0.2, -0.15) is 0 Å². The zero-order valence-corrected chi connectivity index (χ0v) is 13.5. The molecule has 0 saturated carbocycles. The van der Waals surface area contributed by atoms with E-state index in [0.29, 0.717) is 6.42 Å². The second kappa shape index (κ2) is 7.96. The lowest BCUT2D eigenvalue weighted by atomic mass is 10.1. The summed E-state index contributed by atoms with van der Waals surface area (Å²) < 4.78 is 0. The van der Waals surface area contributed by atoms with Crippen LogP contribution in [0.15, 0.2) is 41.8 Å². The highest BCUT2D eigenvalue weighted by Crippen LogP contribution is 2.17. The monoisotopic (exact) mass is 302 g/mol. The molecule has 0 aliphatic carbocycles. The van der Waals surface area contributed by atoms with Crippen molar-refractivity contribution in [3.63, 3.8) is 0 Å². The van der Waals surface area contributed by atoms with Gasteiger partial charge >= 0.3 is 0 Å². The number of anilines is 1. The molecule has 0 bridgehead atoms. The summed E-state index contributed by atoms with van der Waals surface area (Å²) in [6.07, 6.45) is 2.43. The van der Waals surface area contributed by atoms with Crippen molar-refractivity contribution in [2.45, 2.75) is 25.8 Å². The normalized spacial score (nSPS) is 10.8. The SMILES string of the molecule is CN(C)Cc1ccccc1NC(=O)CCCc1cccs1. The third-order valence-electron chi connectivity index (χ3n) is 3.19. The van der Waals surface area contributed by atoms with E-state index in [-0.39, 0.29) is 5.91 Å². The molecule has 112 valence electrons. The van der Waals surface area contributed by atoms with Gasteiger partial charge in [-0.05, 0) is 50.0 Å². The van der Waals surface area contributed by atoms with Crippen molar-refractivity contribution < 1.29 is 4.79 Å². The van der Waals surface area contributed by atoms with Crippen molar-refractivity contribution >= 4 is 22.9 Å². The molecule has 0 fully saturated rings. The van der Waals surface area contributed by atoms with Crippen LogP contribution in [0.4, 0.5) is 5.69 Å². The van der Waals surface area contributed by atoms with Crippen LogP contribution in [0.25, 0.3) is 0 Å². The minimum Gasteiger partial charge on any atom is -0.326 e. The number of carbonyl (C=O) groups excluding carboxylic acids is 1. The Kier molecular flexibility index (Phi) is 5.96. The topological polar surface area (TPSA) is 32.3 Å². The average molecular weight is 302 g/mol. The lowest BCUT2D eigenvalue weighted by molar-refractivity contribution is -0.116. The number of hydrogen-bond donors (Lipinski definition) is 1. The molecule has 1 N–H and O–H groups in total. The van der Waals surface area contributed by atoms with Gasteiger partial charge in [0.15, 0.2) is 0 Å². The quantitative estimate of drug-likeness (QED) is 0.844. The maximum absolute atomic E-state index is 12.1. The number of para-hydroxylation sites is 1. The van der Waals surface area contributed by atoms with Crippen LogP contribution < -0.4 is 5.32 Å². The van der Waals surface area contributed by atoms with Gasteiger partial charge in [0, 0.05) is 23.5 Å². The Morgan fingerprint density at radius 3 is 2.71 bits per heavy atom. The van der Waals surface area contributed by atoms with E-state index in [1.165, 1.54) is 4.88 Å². The van der Waals surface area contributed by atoms with Crippen LogP contribution in [0.5, 0.6) is 0 Å². The van der Waals surface area contributed by atoms with E-state index in [2.05, 4.69) is 33.8 Å². The highest BCUT2D eigenvalue weighted by Gasteiger charge is 2.07. The van der Waals surface area contributed by atoms with Gasteiger partial charge in [-0.25, -0.2) is 0 Å². The number of amides is 1. The van der Waals surface area contributed by atoms with Crippen molar-refractivity contribution in [1.82, 2.24) is 4.90 Å². The number of thiophene rings is 1. The number of nitrogens with zero attached hydrogens (tertiary/aromatic N) is 1. The maximum Gasteiger partial charge on any atom is 0.224 e. The Hall–Kier alpha value is -1.65. The fourth-order valence-electron chi connectivity index (χ4n) is 2.21. The molecule has 21 heavy (non-hydrogen) atoms. The van der Waals surface area contributed by atoms with Crippen LogP contribution in [0.1, 0.15) is 23.3 Å². The van der Waals surface area contributed by atoms with Gasteiger partial charge < -0.3 is 10.2 Å². The molecule has 0 atom stereocenters. The third kappa shape index (κ3) is 5.33. The van der Waals surface area contributed by atoms with E-state index in [0.717, 1.165) is 30.6 Å². The summed E-state index contributed by atoms with van der Waals surface area (Å²) in [7, 11) is 4.05. The summed E-state index contributed by atoms with van der Waals surface area (Å²) in [5.74, 6) is 0.0952. The van der Waals surface area contributed by atoms with Gasteiger partial charge in [-0.15, -0.1) is 11.3 Å². The zero-order chi connectivity index (χ0) is 15.1. The molecule has 1 heterocycles. The minimum atomic E-state index is 0.0952. The highest BCUT2D eigenvalue weighted by molar-refractivity contribution is 7.09. The molecule has 0 unspecified atom stereocenters. The molecule has 1 aromatic carbocycles. The third-order valence-corrected chi connectivity index (χ3v) is 4.12. The number of hydrogen-bond acceptors (Lipinski definition) is 3. The largest absolute Gasteiger partial charge is 0.326 e. The summed E-state index contributed by atoms with van der Waals surface area (Å²) in [4.78, 5) is 15.5. The molecule has 0 aliphatic heterocycles. The van der Waals surface area contributed by atoms with E-state index < -0.39 is 0 Å². The standard InChI is InChI=1S/C17H22N2OS/c1-19(2)13-14-7-3-4-10-16(14)18-17(20)11-5-8-15-9-6-12-21-15/h3-4,6-7,9-10,12H,5,8,11,13H2,1-2H3,(H,18,20). The molecule has 1 amide bonds. The van der Waals surface area contributed by atoms with Gasteiger partial charge in [0.1, 0.15) is 0 Å². The number of carbonyl (C=O) groups is 1. The molecule has 0 saturated heterocycles. The number of aryl methyl sites for hydroxylation is 1. The molecule has 3 nitrogen and oxygen atoms in total. The van der Waals surface area contributed by atoms with Gasteiger partial charge in [0.2, 0.25) is 5.91 Å². The number of rotatable bonds is 7. The molecule has 4 heteroatoms. The van der Waals surface area contributed by atoms with E-state index in [9.17, 15) is 4.79 Å². The molecule has 0 radical (unpaired) electrons. The molecule has 2 aromatic rings. The second-order valence-corrected chi connectivity index (χ2v) is 6.41. The first-order valence-electron chi connectivity index (χ1n) is 7.20. The molecule has 2 rings (SSSR count). The Morgan fingerprint density at radius 1 is 1.19 bits per heavy atom. The Labute approximate surface area is 130 Å². The maximum atomic E-state index is 12.1. The minimum absolute atomic E-state index is 0.0952. The van der Waals surface area contributed by atoms with Crippen LogP contribution in [0, 0.1) is 0 Å². The summed E-state index contributed by atoms with van der Waals surface area (Å²) in [6, 6.07) is 12.2. The summed E-state index contributed by atoms with van der Waals surface area (Å²) in [5, 5.41) is 5.11. The summed E-state index contributed by atoms with van der Waals surface area (Å²) in [6.45, 7) is 0.825. The smallest absolute Gasteiger partial charge is 0.224 e. The van der Waals surface area contributed by atoms with Gasteiger partial charge in [0.25, 0.3) is 0 Å². The van der Waals surface area contributed by atoms with Crippen LogP contribution in [-0.4, -0.2) is 24.9 Å². The highest BCUT2D eigenvalue weighted by atomic mass is 32.1. The predicted molar refractivity (Wildman–Crippen MR) is 89.7 cm³/mol. The Balaban J connectivity index is 1.84. The molecule has 1 aromatic heterocycles. The van der Waals surface area contributed by atoms with Crippen LogP contribution >= 0.6 is 11.3 Å². The lowest BCUT2D eigenvalue weighted by Crippen LogP contribution is -2.16. The first-order valence-corrected chi connectivity index (χ1v) is 8.08. The summed E-state index contributed by atoms with van der Waals surface area (Å²) in [5.41, 5.74) is 2.07. The Bertz CT molecular complexity index is 564. The van der Waals surface area contributed by atoms with Crippen molar-refractivity contribution in [1.29, 1.82) is 0 Å². The summed E-state index contributed by atoms with van der Waals surface area (Å²) >= 11 is 1.75. The van der Waals surface area contributed by atoms with Gasteiger partial charge in [-0.1, -0.05) is 24.3 Å². The average Bonchev–Trinajstić information content (AvgIpc) is 2.93. The fraction of sp³-hybridized carbons (Fsp3) is 0.353. The van der Waals surface area contributed by atoms with Gasteiger partial charge in [-0.3, -0.25) is 4.79 Å². The van der Waals surface area contributed by atoms with Crippen LogP contribution in [-0.2, 0) is 17.8 Å². The van der Waals surface area contributed by atoms with Crippen molar-refractivity contribution in [2.24, 2.45) is 0 Å². The van der Waals surface area contributed by atoms with E-state index in [4.69, 9.17) is 0 Å².